The molecule has 0 aromatic carbocycles. The van der Waals surface area contributed by atoms with Gasteiger partial charge in [0, 0.05) is 13.7 Å². The summed E-state index contributed by atoms with van der Waals surface area (Å²) in [7, 11) is 1.76. The lowest BCUT2D eigenvalue weighted by molar-refractivity contribution is 0.193. The Labute approximate surface area is 82.0 Å². The molecule has 13 heavy (non-hydrogen) atoms. The van der Waals surface area contributed by atoms with Crippen LogP contribution in [0.4, 0.5) is 0 Å². The molecule has 0 aliphatic heterocycles. The zero-order chi connectivity index (χ0) is 9.52. The maximum atomic E-state index is 5.00. The summed E-state index contributed by atoms with van der Waals surface area (Å²) in [5.41, 5.74) is 0. The Kier molecular flexibility index (Phi) is 5.40. The van der Waals surface area contributed by atoms with Gasteiger partial charge in [0.25, 0.3) is 0 Å². The second-order valence-corrected chi connectivity index (χ2v) is 4.22. The van der Waals surface area contributed by atoms with Crippen molar-refractivity contribution in [1.82, 2.24) is 5.32 Å². The quantitative estimate of drug-likeness (QED) is 0.639. The highest BCUT2D eigenvalue weighted by atomic mass is 16.5. The monoisotopic (exact) mass is 185 g/mol. The minimum atomic E-state index is 0.882. The Morgan fingerprint density at radius 3 is 2.85 bits per heavy atom. The van der Waals surface area contributed by atoms with Crippen molar-refractivity contribution in [3.05, 3.63) is 0 Å². The van der Waals surface area contributed by atoms with Crippen LogP contribution in [0.5, 0.6) is 0 Å². The number of rotatable bonds is 6. The van der Waals surface area contributed by atoms with E-state index in [0.29, 0.717) is 0 Å². The SMILES string of the molecule is COCCCNCC1CCCC1C. The molecule has 0 aromatic rings. The van der Waals surface area contributed by atoms with Crippen LogP contribution >= 0.6 is 0 Å². The number of hydrogen-bond acceptors (Lipinski definition) is 2. The van der Waals surface area contributed by atoms with Crippen molar-refractivity contribution in [2.24, 2.45) is 11.8 Å². The molecule has 1 aliphatic carbocycles. The third-order valence-corrected chi connectivity index (χ3v) is 3.15. The summed E-state index contributed by atoms with van der Waals surface area (Å²) >= 11 is 0. The average Bonchev–Trinajstić information content (AvgIpc) is 2.52. The van der Waals surface area contributed by atoms with Crippen LogP contribution in [0.25, 0.3) is 0 Å². The van der Waals surface area contributed by atoms with E-state index in [1.807, 2.05) is 0 Å². The Bertz CT molecular complexity index is 127. The maximum Gasteiger partial charge on any atom is 0.0474 e. The Balaban J connectivity index is 1.93. The molecule has 1 saturated carbocycles. The highest BCUT2D eigenvalue weighted by molar-refractivity contribution is 4.75. The topological polar surface area (TPSA) is 21.3 Å². The van der Waals surface area contributed by atoms with Gasteiger partial charge in [-0.1, -0.05) is 19.8 Å². The van der Waals surface area contributed by atoms with Crippen molar-refractivity contribution in [3.63, 3.8) is 0 Å². The van der Waals surface area contributed by atoms with E-state index in [4.69, 9.17) is 4.74 Å². The van der Waals surface area contributed by atoms with Crippen molar-refractivity contribution < 1.29 is 4.74 Å². The van der Waals surface area contributed by atoms with Crippen LogP contribution in [-0.4, -0.2) is 26.8 Å². The summed E-state index contributed by atoms with van der Waals surface area (Å²) in [5.74, 6) is 1.87. The van der Waals surface area contributed by atoms with Crippen LogP contribution in [0.1, 0.15) is 32.6 Å². The van der Waals surface area contributed by atoms with Gasteiger partial charge in [0.1, 0.15) is 0 Å². The van der Waals surface area contributed by atoms with E-state index >= 15 is 0 Å². The van der Waals surface area contributed by atoms with Gasteiger partial charge in [-0.2, -0.15) is 0 Å². The lowest BCUT2D eigenvalue weighted by Gasteiger charge is -2.15. The minimum absolute atomic E-state index is 0.882. The van der Waals surface area contributed by atoms with Gasteiger partial charge >= 0.3 is 0 Å². The molecule has 0 spiro atoms. The molecule has 2 heteroatoms. The molecule has 0 heterocycles. The second kappa shape index (κ2) is 6.39. The van der Waals surface area contributed by atoms with E-state index in [1.54, 1.807) is 7.11 Å². The van der Waals surface area contributed by atoms with Gasteiger partial charge in [0.15, 0.2) is 0 Å². The van der Waals surface area contributed by atoms with Gasteiger partial charge in [0.05, 0.1) is 0 Å². The molecule has 0 radical (unpaired) electrons. The maximum absolute atomic E-state index is 5.00. The normalized spacial score (nSPS) is 28.2. The molecule has 1 aliphatic rings. The molecular formula is C11H23NO. The molecule has 1 N–H and O–H groups in total. The van der Waals surface area contributed by atoms with Gasteiger partial charge < -0.3 is 10.1 Å². The summed E-state index contributed by atoms with van der Waals surface area (Å²) in [6.07, 6.45) is 5.44. The number of hydrogen-bond donors (Lipinski definition) is 1. The van der Waals surface area contributed by atoms with Crippen molar-refractivity contribution in [2.75, 3.05) is 26.8 Å². The largest absolute Gasteiger partial charge is 0.385 e. The molecular weight excluding hydrogens is 162 g/mol. The fourth-order valence-corrected chi connectivity index (χ4v) is 2.15. The first-order valence-corrected chi connectivity index (χ1v) is 5.54. The van der Waals surface area contributed by atoms with Crippen LogP contribution in [0, 0.1) is 11.8 Å². The first kappa shape index (κ1) is 11.0. The lowest BCUT2D eigenvalue weighted by atomic mass is 9.98. The molecule has 0 aromatic heterocycles. The van der Waals surface area contributed by atoms with Gasteiger partial charge in [-0.05, 0) is 37.8 Å². The van der Waals surface area contributed by atoms with Crippen molar-refractivity contribution >= 4 is 0 Å². The predicted molar refractivity (Wildman–Crippen MR) is 55.9 cm³/mol. The Morgan fingerprint density at radius 2 is 2.23 bits per heavy atom. The first-order chi connectivity index (χ1) is 6.34. The smallest absolute Gasteiger partial charge is 0.0474 e. The summed E-state index contributed by atoms with van der Waals surface area (Å²) < 4.78 is 5.00. The second-order valence-electron chi connectivity index (χ2n) is 4.22. The van der Waals surface area contributed by atoms with E-state index in [0.717, 1.165) is 31.4 Å². The van der Waals surface area contributed by atoms with Crippen LogP contribution in [0.3, 0.4) is 0 Å². The van der Waals surface area contributed by atoms with E-state index in [-0.39, 0.29) is 0 Å². The van der Waals surface area contributed by atoms with Crippen molar-refractivity contribution in [2.45, 2.75) is 32.6 Å². The van der Waals surface area contributed by atoms with Crippen LogP contribution in [0.2, 0.25) is 0 Å². The van der Waals surface area contributed by atoms with Crippen LogP contribution in [-0.2, 0) is 4.74 Å². The Morgan fingerprint density at radius 1 is 1.38 bits per heavy atom. The average molecular weight is 185 g/mol. The number of ether oxygens (including phenoxy) is 1. The molecule has 78 valence electrons. The summed E-state index contributed by atoms with van der Waals surface area (Å²) in [4.78, 5) is 0. The standard InChI is InChI=1S/C11H23NO/c1-10-5-3-6-11(10)9-12-7-4-8-13-2/h10-12H,3-9H2,1-2H3. The summed E-state index contributed by atoms with van der Waals surface area (Å²) in [5, 5.41) is 3.51. The molecule has 2 nitrogen and oxygen atoms in total. The molecule has 0 amide bonds. The van der Waals surface area contributed by atoms with Gasteiger partial charge in [-0.25, -0.2) is 0 Å². The van der Waals surface area contributed by atoms with E-state index in [1.165, 1.54) is 25.8 Å². The van der Waals surface area contributed by atoms with Crippen LogP contribution < -0.4 is 5.32 Å². The minimum Gasteiger partial charge on any atom is -0.385 e. The van der Waals surface area contributed by atoms with E-state index in [2.05, 4.69) is 12.2 Å². The Hall–Kier alpha value is -0.0800. The predicted octanol–water partition coefficient (Wildman–Crippen LogP) is 2.05. The van der Waals surface area contributed by atoms with Gasteiger partial charge in [-0.3, -0.25) is 0 Å². The highest BCUT2D eigenvalue weighted by Gasteiger charge is 2.22. The van der Waals surface area contributed by atoms with Gasteiger partial charge in [-0.15, -0.1) is 0 Å². The van der Waals surface area contributed by atoms with Crippen LogP contribution in [0.15, 0.2) is 0 Å². The lowest BCUT2D eigenvalue weighted by Crippen LogP contribution is -2.25. The zero-order valence-electron chi connectivity index (χ0n) is 9.01. The molecule has 1 fully saturated rings. The highest BCUT2D eigenvalue weighted by Crippen LogP contribution is 2.30. The summed E-state index contributed by atoms with van der Waals surface area (Å²) in [6, 6.07) is 0. The molecule has 1 rings (SSSR count). The fourth-order valence-electron chi connectivity index (χ4n) is 2.15. The molecule has 2 unspecified atom stereocenters. The summed E-state index contributed by atoms with van der Waals surface area (Å²) in [6.45, 7) is 5.59. The third kappa shape index (κ3) is 4.10. The van der Waals surface area contributed by atoms with Gasteiger partial charge in [0.2, 0.25) is 0 Å². The van der Waals surface area contributed by atoms with Crippen molar-refractivity contribution in [1.29, 1.82) is 0 Å². The van der Waals surface area contributed by atoms with E-state index < -0.39 is 0 Å². The van der Waals surface area contributed by atoms with E-state index in [9.17, 15) is 0 Å². The molecule has 0 saturated heterocycles. The molecule has 0 bridgehead atoms. The number of nitrogens with one attached hydrogen (secondary N) is 1. The number of methoxy groups -OCH3 is 1. The third-order valence-electron chi connectivity index (χ3n) is 3.15. The van der Waals surface area contributed by atoms with Crippen molar-refractivity contribution in [3.8, 4) is 0 Å². The fraction of sp³-hybridized carbons (Fsp3) is 1.00. The zero-order valence-corrected chi connectivity index (χ0v) is 9.01. The molecule has 2 atom stereocenters. The first-order valence-electron chi connectivity index (χ1n) is 5.54.